The smallest absolute Gasteiger partial charge is 0.416 e. The Morgan fingerprint density at radius 2 is 2.20 bits per heavy atom. The molecule has 1 N–H and O–H groups in total. The average Bonchev–Trinajstić information content (AvgIpc) is 2.53. The van der Waals surface area contributed by atoms with E-state index in [1.807, 2.05) is 18.2 Å². The Bertz CT molecular complexity index is 528. The van der Waals surface area contributed by atoms with Gasteiger partial charge in [0.05, 0.1) is 7.11 Å². The van der Waals surface area contributed by atoms with Gasteiger partial charge >= 0.3 is 6.09 Å². The van der Waals surface area contributed by atoms with E-state index < -0.39 is 6.09 Å². The number of methoxy groups -OCH3 is 1. The van der Waals surface area contributed by atoms with E-state index >= 15 is 0 Å². The summed E-state index contributed by atoms with van der Waals surface area (Å²) >= 11 is 0. The van der Waals surface area contributed by atoms with Crippen LogP contribution < -0.4 is 4.74 Å². The van der Waals surface area contributed by atoms with Crippen molar-refractivity contribution in [2.75, 3.05) is 7.11 Å². The Morgan fingerprint density at radius 3 is 2.80 bits per heavy atom. The first-order chi connectivity index (χ1) is 7.15. The van der Waals surface area contributed by atoms with Gasteiger partial charge in [-0.25, -0.2) is 9.36 Å². The van der Waals surface area contributed by atoms with E-state index in [9.17, 15) is 4.79 Å². The lowest BCUT2D eigenvalue weighted by molar-refractivity contribution is 0.197. The maximum absolute atomic E-state index is 11.1. The van der Waals surface area contributed by atoms with Crippen LogP contribution >= 0.6 is 0 Å². The van der Waals surface area contributed by atoms with Crippen LogP contribution in [-0.2, 0) is 0 Å². The fraction of sp³-hybridized carbons (Fsp3) is 0.182. The second kappa shape index (κ2) is 3.31. The lowest BCUT2D eigenvalue weighted by atomic mass is 10.2. The summed E-state index contributed by atoms with van der Waals surface area (Å²) in [5, 5.41) is 9.95. The predicted octanol–water partition coefficient (Wildman–Crippen LogP) is 2.48. The van der Waals surface area contributed by atoms with Crippen LogP contribution in [0, 0.1) is 6.92 Å². The van der Waals surface area contributed by atoms with Gasteiger partial charge in [0.2, 0.25) is 0 Å². The molecule has 0 saturated heterocycles. The molecule has 0 spiro atoms. The zero-order valence-electron chi connectivity index (χ0n) is 8.52. The molecule has 4 nitrogen and oxygen atoms in total. The summed E-state index contributed by atoms with van der Waals surface area (Å²) in [5.41, 5.74) is 1.28. The Kier molecular flexibility index (Phi) is 2.11. The van der Waals surface area contributed by atoms with Crippen LogP contribution in [0.2, 0.25) is 0 Å². The van der Waals surface area contributed by atoms with Crippen molar-refractivity contribution in [3.8, 4) is 5.75 Å². The molecule has 0 atom stereocenters. The number of hydrogen-bond donors (Lipinski definition) is 1. The quantitative estimate of drug-likeness (QED) is 0.778. The molecule has 2 rings (SSSR count). The van der Waals surface area contributed by atoms with Crippen molar-refractivity contribution in [2.45, 2.75) is 6.92 Å². The van der Waals surface area contributed by atoms with Gasteiger partial charge in [0.1, 0.15) is 11.3 Å². The van der Waals surface area contributed by atoms with Crippen LogP contribution in [0.5, 0.6) is 5.75 Å². The number of benzene rings is 1. The van der Waals surface area contributed by atoms with Crippen molar-refractivity contribution in [1.82, 2.24) is 4.57 Å². The van der Waals surface area contributed by atoms with Gasteiger partial charge in [-0.15, -0.1) is 0 Å². The maximum Gasteiger partial charge on any atom is 0.416 e. The van der Waals surface area contributed by atoms with Gasteiger partial charge in [-0.3, -0.25) is 0 Å². The second-order valence-corrected chi connectivity index (χ2v) is 3.30. The van der Waals surface area contributed by atoms with Crippen molar-refractivity contribution in [2.24, 2.45) is 0 Å². The van der Waals surface area contributed by atoms with Crippen LogP contribution in [0.1, 0.15) is 5.69 Å². The molecule has 0 amide bonds. The number of rotatable bonds is 1. The minimum atomic E-state index is -0.994. The SMILES string of the molecule is COc1cccc2cc(C)n(C(=O)O)c12. The molecule has 0 aliphatic rings. The summed E-state index contributed by atoms with van der Waals surface area (Å²) in [4.78, 5) is 11.1. The van der Waals surface area contributed by atoms with Gasteiger partial charge in [0.25, 0.3) is 0 Å². The summed E-state index contributed by atoms with van der Waals surface area (Å²) in [6, 6.07) is 7.28. The lowest BCUT2D eigenvalue weighted by Crippen LogP contribution is -2.09. The number of carbonyl (C=O) groups is 1. The average molecular weight is 205 g/mol. The summed E-state index contributed by atoms with van der Waals surface area (Å²) in [6.45, 7) is 1.76. The summed E-state index contributed by atoms with van der Waals surface area (Å²) in [5.74, 6) is 0.572. The summed E-state index contributed by atoms with van der Waals surface area (Å²) in [7, 11) is 1.53. The maximum atomic E-state index is 11.1. The molecular formula is C11H11NO3. The number of fused-ring (bicyclic) bond motifs is 1. The Hall–Kier alpha value is -1.97. The molecule has 0 radical (unpaired) electrons. The number of aromatic nitrogens is 1. The minimum absolute atomic E-state index is 0.572. The van der Waals surface area contributed by atoms with Crippen molar-refractivity contribution >= 4 is 17.0 Å². The molecule has 1 heterocycles. The van der Waals surface area contributed by atoms with E-state index in [1.165, 1.54) is 11.7 Å². The van der Waals surface area contributed by atoms with Gasteiger partial charge in [-0.1, -0.05) is 12.1 Å². The van der Waals surface area contributed by atoms with Crippen LogP contribution in [0.3, 0.4) is 0 Å². The number of para-hydroxylation sites is 1. The van der Waals surface area contributed by atoms with Crippen molar-refractivity contribution in [1.29, 1.82) is 0 Å². The fourth-order valence-corrected chi connectivity index (χ4v) is 1.77. The van der Waals surface area contributed by atoms with E-state index in [0.717, 1.165) is 5.39 Å². The number of aryl methyl sites for hydroxylation is 1. The van der Waals surface area contributed by atoms with Gasteiger partial charge in [-0.2, -0.15) is 0 Å². The van der Waals surface area contributed by atoms with Gasteiger partial charge in [0.15, 0.2) is 0 Å². The standard InChI is InChI=1S/C11H11NO3/c1-7-6-8-4-3-5-9(15-2)10(8)12(7)11(13)14/h3-6H,1-2H3,(H,13,14). The number of nitrogens with zero attached hydrogens (tertiary/aromatic N) is 1. The summed E-state index contributed by atoms with van der Waals surface area (Å²) < 4.78 is 6.38. The normalized spacial score (nSPS) is 10.5. The second-order valence-electron chi connectivity index (χ2n) is 3.30. The molecule has 0 unspecified atom stereocenters. The Labute approximate surface area is 86.7 Å². The van der Waals surface area contributed by atoms with Gasteiger partial charge < -0.3 is 9.84 Å². The molecule has 2 aromatic rings. The topological polar surface area (TPSA) is 51.5 Å². The third kappa shape index (κ3) is 1.34. The minimum Gasteiger partial charge on any atom is -0.495 e. The monoisotopic (exact) mass is 205 g/mol. The zero-order chi connectivity index (χ0) is 11.0. The number of ether oxygens (including phenoxy) is 1. The van der Waals surface area contributed by atoms with Crippen molar-refractivity contribution < 1.29 is 14.6 Å². The molecule has 0 aliphatic carbocycles. The van der Waals surface area contributed by atoms with E-state index in [1.54, 1.807) is 13.0 Å². The first-order valence-corrected chi connectivity index (χ1v) is 4.53. The summed E-state index contributed by atoms with van der Waals surface area (Å²) in [6.07, 6.45) is -0.994. The van der Waals surface area contributed by atoms with Crippen LogP contribution in [0.15, 0.2) is 24.3 Å². The van der Waals surface area contributed by atoms with E-state index in [-0.39, 0.29) is 0 Å². The Balaban J connectivity index is 2.88. The van der Waals surface area contributed by atoms with Gasteiger partial charge in [-0.05, 0) is 19.1 Å². The third-order valence-electron chi connectivity index (χ3n) is 2.38. The molecule has 4 heteroatoms. The molecule has 0 aliphatic heterocycles. The number of carboxylic acid groups (broad SMARTS) is 1. The molecule has 1 aromatic heterocycles. The number of hydrogen-bond acceptors (Lipinski definition) is 2. The highest BCUT2D eigenvalue weighted by Crippen LogP contribution is 2.28. The Morgan fingerprint density at radius 1 is 1.47 bits per heavy atom. The first kappa shape index (κ1) is 9.58. The zero-order valence-corrected chi connectivity index (χ0v) is 8.52. The predicted molar refractivity (Wildman–Crippen MR) is 56.6 cm³/mol. The van der Waals surface area contributed by atoms with E-state index in [4.69, 9.17) is 9.84 Å². The van der Waals surface area contributed by atoms with Crippen molar-refractivity contribution in [3.63, 3.8) is 0 Å². The fourth-order valence-electron chi connectivity index (χ4n) is 1.77. The van der Waals surface area contributed by atoms with E-state index in [2.05, 4.69) is 0 Å². The van der Waals surface area contributed by atoms with Crippen molar-refractivity contribution in [3.05, 3.63) is 30.0 Å². The molecule has 0 saturated carbocycles. The largest absolute Gasteiger partial charge is 0.495 e. The molecule has 0 fully saturated rings. The molecule has 1 aromatic carbocycles. The molecule has 15 heavy (non-hydrogen) atoms. The highest BCUT2D eigenvalue weighted by Gasteiger charge is 2.14. The van der Waals surface area contributed by atoms with E-state index in [0.29, 0.717) is 17.0 Å². The molecular weight excluding hydrogens is 194 g/mol. The highest BCUT2D eigenvalue weighted by molar-refractivity contribution is 5.94. The first-order valence-electron chi connectivity index (χ1n) is 4.53. The highest BCUT2D eigenvalue weighted by atomic mass is 16.5. The van der Waals surface area contributed by atoms with Crippen LogP contribution in [0.4, 0.5) is 4.79 Å². The van der Waals surface area contributed by atoms with Crippen LogP contribution in [-0.4, -0.2) is 22.9 Å². The van der Waals surface area contributed by atoms with Gasteiger partial charge in [0, 0.05) is 11.1 Å². The third-order valence-corrected chi connectivity index (χ3v) is 2.38. The molecule has 0 bridgehead atoms. The lowest BCUT2D eigenvalue weighted by Gasteiger charge is -2.05. The van der Waals surface area contributed by atoms with Crippen LogP contribution in [0.25, 0.3) is 10.9 Å². The molecule has 78 valence electrons.